The lowest BCUT2D eigenvalue weighted by Crippen LogP contribution is -2.22. The van der Waals surface area contributed by atoms with Crippen LogP contribution in [0, 0.1) is 0 Å². The average molecular weight is 452 g/mol. The van der Waals surface area contributed by atoms with Crippen molar-refractivity contribution in [2.24, 2.45) is 0 Å². The first kappa shape index (κ1) is 21.9. The molecule has 0 spiro atoms. The van der Waals surface area contributed by atoms with Crippen molar-refractivity contribution in [3.05, 3.63) is 66.2 Å². The van der Waals surface area contributed by atoms with Crippen molar-refractivity contribution in [3.63, 3.8) is 0 Å². The molecule has 0 saturated carbocycles. The maximum atomic E-state index is 12.5. The topological polar surface area (TPSA) is 95.5 Å². The summed E-state index contributed by atoms with van der Waals surface area (Å²) in [6, 6.07) is 17.2. The Balaban J connectivity index is 1.41. The molecule has 1 aliphatic rings. The molecule has 32 heavy (non-hydrogen) atoms. The maximum absolute atomic E-state index is 12.5. The number of nitrogens with zero attached hydrogens (tertiary/aromatic N) is 4. The van der Waals surface area contributed by atoms with Gasteiger partial charge in [-0.2, -0.15) is 0 Å². The van der Waals surface area contributed by atoms with E-state index < -0.39 is 10.0 Å². The number of anilines is 2. The molecule has 0 aliphatic carbocycles. The van der Waals surface area contributed by atoms with Crippen LogP contribution in [0.5, 0.6) is 0 Å². The average Bonchev–Trinajstić information content (AvgIpc) is 3.35. The highest BCUT2D eigenvalue weighted by molar-refractivity contribution is 7.89. The molecule has 1 aliphatic heterocycles. The van der Waals surface area contributed by atoms with Gasteiger partial charge in [-0.05, 0) is 61.4 Å². The molecule has 4 rings (SSSR count). The number of benzene rings is 2. The molecule has 0 radical (unpaired) electrons. The molecule has 1 amide bonds. The third kappa shape index (κ3) is 4.63. The highest BCUT2D eigenvalue weighted by Gasteiger charge is 2.18. The van der Waals surface area contributed by atoms with Gasteiger partial charge >= 0.3 is 0 Å². The molecule has 8 nitrogen and oxygen atoms in total. The number of carbonyl (C=O) groups excluding carboxylic acids is 1. The summed E-state index contributed by atoms with van der Waals surface area (Å²) in [4.78, 5) is 14.9. The number of nitrogens with one attached hydrogen (secondary N) is 1. The molecular weight excluding hydrogens is 426 g/mol. The van der Waals surface area contributed by atoms with Crippen LogP contribution in [0.15, 0.2) is 65.6 Å². The maximum Gasteiger partial charge on any atom is 0.255 e. The van der Waals surface area contributed by atoms with E-state index in [0.29, 0.717) is 11.3 Å². The van der Waals surface area contributed by atoms with Crippen LogP contribution in [-0.4, -0.2) is 56.0 Å². The third-order valence-electron chi connectivity index (χ3n) is 5.41. The largest absolute Gasteiger partial charge is 0.355 e. The number of hydrogen-bond acceptors (Lipinski definition) is 6. The van der Waals surface area contributed by atoms with Gasteiger partial charge in [-0.25, -0.2) is 12.7 Å². The fraction of sp³-hybridized carbons (Fsp3) is 0.261. The number of sulfonamides is 1. The number of aromatic nitrogens is 2. The second-order valence-electron chi connectivity index (χ2n) is 7.81. The number of amides is 1. The Morgan fingerprint density at radius 1 is 0.906 bits per heavy atom. The van der Waals surface area contributed by atoms with Crippen LogP contribution in [-0.2, 0) is 10.0 Å². The number of hydrogen-bond donors (Lipinski definition) is 1. The van der Waals surface area contributed by atoms with Crippen LogP contribution < -0.4 is 10.2 Å². The van der Waals surface area contributed by atoms with Crippen molar-refractivity contribution < 1.29 is 13.2 Å². The molecular formula is C23H25N5O3S. The van der Waals surface area contributed by atoms with E-state index in [1.54, 1.807) is 12.1 Å². The molecule has 0 bridgehead atoms. The minimum atomic E-state index is -3.53. The van der Waals surface area contributed by atoms with E-state index in [0.717, 1.165) is 34.5 Å². The van der Waals surface area contributed by atoms with Gasteiger partial charge < -0.3 is 10.2 Å². The quantitative estimate of drug-likeness (QED) is 0.618. The lowest BCUT2D eigenvalue weighted by molar-refractivity contribution is 0.102. The molecule has 1 saturated heterocycles. The standard InChI is InChI=1S/C23H25N5O3S/c1-27(2)32(30,31)20-11-7-18(8-12-20)23(29)24-19-9-5-17(6-10-19)21-13-14-22(26-25-21)28-15-3-4-16-28/h5-14H,3-4,15-16H2,1-2H3,(H,24,29). The second kappa shape index (κ2) is 9.05. The Hall–Kier alpha value is -3.30. The summed E-state index contributed by atoms with van der Waals surface area (Å²) in [5.74, 6) is 0.584. The monoisotopic (exact) mass is 451 g/mol. The highest BCUT2D eigenvalue weighted by Crippen LogP contribution is 2.23. The molecule has 0 unspecified atom stereocenters. The number of rotatable bonds is 6. The van der Waals surface area contributed by atoms with Crippen molar-refractivity contribution in [2.45, 2.75) is 17.7 Å². The van der Waals surface area contributed by atoms with E-state index in [9.17, 15) is 13.2 Å². The summed E-state index contributed by atoms with van der Waals surface area (Å²) >= 11 is 0. The Morgan fingerprint density at radius 3 is 2.12 bits per heavy atom. The van der Waals surface area contributed by atoms with Gasteiger partial charge in [-0.1, -0.05) is 12.1 Å². The number of carbonyl (C=O) groups is 1. The van der Waals surface area contributed by atoms with Crippen LogP contribution in [0.3, 0.4) is 0 Å². The Bertz CT molecular complexity index is 1190. The highest BCUT2D eigenvalue weighted by atomic mass is 32.2. The van der Waals surface area contributed by atoms with E-state index in [-0.39, 0.29) is 10.8 Å². The second-order valence-corrected chi connectivity index (χ2v) is 9.97. The van der Waals surface area contributed by atoms with Crippen LogP contribution in [0.4, 0.5) is 11.5 Å². The van der Waals surface area contributed by atoms with Gasteiger partial charge in [0.2, 0.25) is 10.0 Å². The van der Waals surface area contributed by atoms with Gasteiger partial charge in [-0.3, -0.25) is 4.79 Å². The van der Waals surface area contributed by atoms with E-state index in [1.807, 2.05) is 24.3 Å². The summed E-state index contributed by atoms with van der Waals surface area (Å²) in [6.45, 7) is 2.05. The van der Waals surface area contributed by atoms with E-state index in [4.69, 9.17) is 0 Å². The minimum absolute atomic E-state index is 0.139. The summed E-state index contributed by atoms with van der Waals surface area (Å²) < 4.78 is 25.4. The predicted molar refractivity (Wildman–Crippen MR) is 124 cm³/mol. The van der Waals surface area contributed by atoms with Gasteiger partial charge in [-0.15, -0.1) is 10.2 Å². The Labute approximate surface area is 187 Å². The molecule has 2 heterocycles. The molecule has 1 fully saturated rings. The van der Waals surface area contributed by atoms with Crippen molar-refractivity contribution in [3.8, 4) is 11.3 Å². The molecule has 2 aromatic carbocycles. The zero-order chi connectivity index (χ0) is 22.7. The summed E-state index contributed by atoms with van der Waals surface area (Å²) in [7, 11) is -0.598. The van der Waals surface area contributed by atoms with Crippen LogP contribution >= 0.6 is 0 Å². The van der Waals surface area contributed by atoms with Crippen LogP contribution in [0.25, 0.3) is 11.3 Å². The van der Waals surface area contributed by atoms with E-state index in [2.05, 4.69) is 20.4 Å². The SMILES string of the molecule is CN(C)S(=O)(=O)c1ccc(C(=O)Nc2ccc(-c3ccc(N4CCCC4)nn3)cc2)cc1. The van der Waals surface area contributed by atoms with Crippen molar-refractivity contribution in [1.82, 2.24) is 14.5 Å². The van der Waals surface area contributed by atoms with Gasteiger partial charge in [0, 0.05) is 44.0 Å². The summed E-state index contributed by atoms with van der Waals surface area (Å²) in [5.41, 5.74) is 2.67. The predicted octanol–water partition coefficient (Wildman–Crippen LogP) is 3.25. The fourth-order valence-corrected chi connectivity index (χ4v) is 4.41. The first-order chi connectivity index (χ1) is 15.3. The van der Waals surface area contributed by atoms with Gasteiger partial charge in [0.15, 0.2) is 5.82 Å². The lowest BCUT2D eigenvalue weighted by atomic mass is 10.1. The van der Waals surface area contributed by atoms with Crippen molar-refractivity contribution in [2.75, 3.05) is 37.4 Å². The third-order valence-corrected chi connectivity index (χ3v) is 7.24. The first-order valence-electron chi connectivity index (χ1n) is 10.4. The van der Waals surface area contributed by atoms with Crippen LogP contribution in [0.2, 0.25) is 0 Å². The fourth-order valence-electron chi connectivity index (χ4n) is 3.51. The van der Waals surface area contributed by atoms with Gasteiger partial charge in [0.05, 0.1) is 10.6 Å². The minimum Gasteiger partial charge on any atom is -0.355 e. The molecule has 0 atom stereocenters. The molecule has 1 N–H and O–H groups in total. The Morgan fingerprint density at radius 2 is 1.56 bits per heavy atom. The van der Waals surface area contributed by atoms with Gasteiger partial charge in [0.1, 0.15) is 0 Å². The van der Waals surface area contributed by atoms with E-state index >= 15 is 0 Å². The summed E-state index contributed by atoms with van der Waals surface area (Å²) in [6.07, 6.45) is 2.38. The molecule has 3 aromatic rings. The molecule has 1 aromatic heterocycles. The van der Waals surface area contributed by atoms with Crippen molar-refractivity contribution >= 4 is 27.4 Å². The lowest BCUT2D eigenvalue weighted by Gasteiger charge is -2.15. The zero-order valence-electron chi connectivity index (χ0n) is 18.0. The van der Waals surface area contributed by atoms with Gasteiger partial charge in [0.25, 0.3) is 5.91 Å². The van der Waals surface area contributed by atoms with Crippen LogP contribution in [0.1, 0.15) is 23.2 Å². The molecule has 166 valence electrons. The zero-order valence-corrected chi connectivity index (χ0v) is 18.8. The van der Waals surface area contributed by atoms with E-state index in [1.165, 1.54) is 51.2 Å². The smallest absolute Gasteiger partial charge is 0.255 e. The molecule has 9 heteroatoms. The van der Waals surface area contributed by atoms with Crippen molar-refractivity contribution in [1.29, 1.82) is 0 Å². The Kier molecular flexibility index (Phi) is 6.20. The normalized spacial score (nSPS) is 14.0. The summed E-state index contributed by atoms with van der Waals surface area (Å²) in [5, 5.41) is 11.5. The first-order valence-corrected chi connectivity index (χ1v) is 11.8.